The molecular formula is C11H11BrFNO3. The molecule has 1 aromatic carbocycles. The minimum atomic E-state index is -1.16. The molecule has 0 radical (unpaired) electrons. The lowest BCUT2D eigenvalue weighted by molar-refractivity contribution is -0.146. The van der Waals surface area contributed by atoms with Gasteiger partial charge in [-0.25, -0.2) is 9.18 Å². The van der Waals surface area contributed by atoms with Crippen molar-refractivity contribution in [2.75, 3.05) is 6.54 Å². The monoisotopic (exact) mass is 303 g/mol. The molecule has 1 atom stereocenters. The van der Waals surface area contributed by atoms with Crippen LogP contribution in [0.15, 0.2) is 22.7 Å². The summed E-state index contributed by atoms with van der Waals surface area (Å²) in [6, 6.07) is 2.57. The number of halogens is 2. The predicted molar refractivity (Wildman–Crippen MR) is 62.9 cm³/mol. The summed E-state index contributed by atoms with van der Waals surface area (Å²) in [5.74, 6) is -1.63. The van der Waals surface area contributed by atoms with Crippen molar-refractivity contribution in [2.45, 2.75) is 13.0 Å². The fourth-order valence-electron chi connectivity index (χ4n) is 1.49. The number of rotatable bonds is 5. The second-order valence-electron chi connectivity index (χ2n) is 3.34. The summed E-state index contributed by atoms with van der Waals surface area (Å²) >= 11 is 3.10. The lowest BCUT2D eigenvalue weighted by Gasteiger charge is -2.24. The number of benzene rings is 1. The molecule has 0 aliphatic rings. The fourth-order valence-corrected chi connectivity index (χ4v) is 2.06. The highest BCUT2D eigenvalue weighted by Gasteiger charge is 2.27. The van der Waals surface area contributed by atoms with E-state index in [1.165, 1.54) is 12.1 Å². The molecule has 1 rings (SSSR count). The Morgan fingerprint density at radius 1 is 1.65 bits per heavy atom. The molecule has 92 valence electrons. The highest BCUT2D eigenvalue weighted by atomic mass is 79.9. The Kier molecular flexibility index (Phi) is 4.62. The number of hydrogen-bond acceptors (Lipinski definition) is 2. The molecule has 0 saturated heterocycles. The third kappa shape index (κ3) is 3.03. The van der Waals surface area contributed by atoms with Crippen LogP contribution < -0.4 is 0 Å². The lowest BCUT2D eigenvalue weighted by atomic mass is 10.1. The van der Waals surface area contributed by atoms with E-state index in [1.807, 2.05) is 0 Å². The lowest BCUT2D eigenvalue weighted by Crippen LogP contribution is -2.33. The summed E-state index contributed by atoms with van der Waals surface area (Å²) < 4.78 is 13.2. The van der Waals surface area contributed by atoms with Crippen LogP contribution in [-0.4, -0.2) is 28.9 Å². The first-order chi connectivity index (χ1) is 8.01. The van der Waals surface area contributed by atoms with E-state index in [4.69, 9.17) is 5.11 Å². The number of hydrogen-bond donors (Lipinski definition) is 1. The Balaban J connectivity index is 3.22. The Morgan fingerprint density at radius 2 is 2.29 bits per heavy atom. The van der Waals surface area contributed by atoms with Crippen LogP contribution in [0.4, 0.5) is 4.39 Å². The van der Waals surface area contributed by atoms with Crippen LogP contribution in [0.5, 0.6) is 0 Å². The van der Waals surface area contributed by atoms with E-state index in [0.717, 1.165) is 11.0 Å². The first kappa shape index (κ1) is 13.6. The van der Waals surface area contributed by atoms with Crippen molar-refractivity contribution in [3.8, 4) is 0 Å². The van der Waals surface area contributed by atoms with Gasteiger partial charge in [0.1, 0.15) is 5.82 Å². The van der Waals surface area contributed by atoms with Crippen LogP contribution in [0.1, 0.15) is 18.5 Å². The third-order valence-corrected chi connectivity index (χ3v) is 3.01. The molecule has 0 fully saturated rings. The van der Waals surface area contributed by atoms with Crippen LogP contribution in [0.3, 0.4) is 0 Å². The average Bonchev–Trinajstić information content (AvgIpc) is 2.26. The first-order valence-electron chi connectivity index (χ1n) is 4.90. The number of carboxylic acids is 1. The first-order valence-corrected chi connectivity index (χ1v) is 5.69. The molecular weight excluding hydrogens is 293 g/mol. The molecule has 0 heterocycles. The van der Waals surface area contributed by atoms with Crippen molar-refractivity contribution in [3.05, 3.63) is 34.1 Å². The average molecular weight is 304 g/mol. The van der Waals surface area contributed by atoms with Crippen molar-refractivity contribution >= 4 is 28.3 Å². The van der Waals surface area contributed by atoms with Gasteiger partial charge in [-0.3, -0.25) is 4.79 Å². The van der Waals surface area contributed by atoms with Crippen LogP contribution >= 0.6 is 15.9 Å². The number of aliphatic carboxylic acids is 1. The Bertz CT molecular complexity index is 439. The molecule has 17 heavy (non-hydrogen) atoms. The number of likely N-dealkylation sites (N-methyl/N-ethyl adjacent to an activating group) is 1. The quantitative estimate of drug-likeness (QED) is 0.848. The van der Waals surface area contributed by atoms with Gasteiger partial charge in [-0.2, -0.15) is 0 Å². The summed E-state index contributed by atoms with van der Waals surface area (Å²) in [6.45, 7) is 1.92. The van der Waals surface area contributed by atoms with Crippen LogP contribution in [0, 0.1) is 5.82 Å². The fraction of sp³-hybridized carbons (Fsp3) is 0.273. The number of amides is 1. The maximum absolute atomic E-state index is 12.9. The second-order valence-corrected chi connectivity index (χ2v) is 4.20. The summed E-state index contributed by atoms with van der Waals surface area (Å²) in [7, 11) is 0. The maximum atomic E-state index is 12.9. The van der Waals surface area contributed by atoms with Crippen LogP contribution in [0.2, 0.25) is 0 Å². The van der Waals surface area contributed by atoms with E-state index in [-0.39, 0.29) is 6.54 Å². The zero-order valence-corrected chi connectivity index (χ0v) is 10.6. The SMILES string of the molecule is CCN(C=O)C(C(=O)O)c1ccc(F)cc1Br. The van der Waals surface area contributed by atoms with Gasteiger partial charge < -0.3 is 10.0 Å². The van der Waals surface area contributed by atoms with Gasteiger partial charge in [0.2, 0.25) is 6.41 Å². The van der Waals surface area contributed by atoms with Gasteiger partial charge in [0.15, 0.2) is 6.04 Å². The molecule has 1 aromatic rings. The van der Waals surface area contributed by atoms with Gasteiger partial charge in [0, 0.05) is 16.6 Å². The smallest absolute Gasteiger partial charge is 0.331 e. The molecule has 0 aliphatic heterocycles. The van der Waals surface area contributed by atoms with E-state index in [1.54, 1.807) is 6.92 Å². The number of nitrogens with zero attached hydrogens (tertiary/aromatic N) is 1. The van der Waals surface area contributed by atoms with E-state index >= 15 is 0 Å². The Labute approximate surface area is 106 Å². The molecule has 1 N–H and O–H groups in total. The van der Waals surface area contributed by atoms with Crippen molar-refractivity contribution in [1.29, 1.82) is 0 Å². The Hall–Kier alpha value is -1.43. The molecule has 1 amide bonds. The standard InChI is InChI=1S/C11H11BrFNO3/c1-2-14(6-15)10(11(16)17)8-4-3-7(13)5-9(8)12/h3-6,10H,2H2,1H3,(H,16,17). The van der Waals surface area contributed by atoms with Crippen molar-refractivity contribution in [3.63, 3.8) is 0 Å². The highest BCUT2D eigenvalue weighted by molar-refractivity contribution is 9.10. The summed E-state index contributed by atoms with van der Waals surface area (Å²) in [5.41, 5.74) is 0.341. The topological polar surface area (TPSA) is 57.6 Å². The van der Waals surface area contributed by atoms with Crippen molar-refractivity contribution in [1.82, 2.24) is 4.90 Å². The van der Waals surface area contributed by atoms with Gasteiger partial charge in [-0.05, 0) is 19.1 Å². The minimum absolute atomic E-state index is 0.254. The number of carboxylic acid groups (broad SMARTS) is 1. The van der Waals surface area contributed by atoms with Gasteiger partial charge in [-0.1, -0.05) is 22.0 Å². The molecule has 0 bridgehead atoms. The van der Waals surface area contributed by atoms with Gasteiger partial charge in [0.05, 0.1) is 0 Å². The summed E-state index contributed by atoms with van der Waals surface area (Å²) in [6.07, 6.45) is 0.467. The molecule has 0 aliphatic carbocycles. The number of carbonyl (C=O) groups excluding carboxylic acids is 1. The van der Waals surface area contributed by atoms with E-state index < -0.39 is 17.8 Å². The molecule has 4 nitrogen and oxygen atoms in total. The van der Waals surface area contributed by atoms with Crippen LogP contribution in [0.25, 0.3) is 0 Å². The molecule has 0 saturated carbocycles. The third-order valence-electron chi connectivity index (χ3n) is 2.32. The highest BCUT2D eigenvalue weighted by Crippen LogP contribution is 2.28. The molecule has 6 heteroatoms. The zero-order chi connectivity index (χ0) is 13.0. The largest absolute Gasteiger partial charge is 0.479 e. The predicted octanol–water partition coefficient (Wildman–Crippen LogP) is 2.19. The number of carbonyl (C=O) groups is 2. The van der Waals surface area contributed by atoms with Crippen molar-refractivity contribution < 1.29 is 19.1 Å². The maximum Gasteiger partial charge on any atom is 0.331 e. The van der Waals surface area contributed by atoms with E-state index in [0.29, 0.717) is 16.4 Å². The molecule has 0 spiro atoms. The van der Waals surface area contributed by atoms with Crippen molar-refractivity contribution in [2.24, 2.45) is 0 Å². The summed E-state index contributed by atoms with van der Waals surface area (Å²) in [5, 5.41) is 9.14. The Morgan fingerprint density at radius 3 is 2.71 bits per heavy atom. The van der Waals surface area contributed by atoms with E-state index in [9.17, 15) is 14.0 Å². The molecule has 0 aromatic heterocycles. The normalized spacial score (nSPS) is 11.9. The second kappa shape index (κ2) is 5.77. The van der Waals surface area contributed by atoms with E-state index in [2.05, 4.69) is 15.9 Å². The summed E-state index contributed by atoms with van der Waals surface area (Å²) in [4.78, 5) is 23.1. The molecule has 1 unspecified atom stereocenters. The van der Waals surface area contributed by atoms with Crippen LogP contribution in [-0.2, 0) is 9.59 Å². The minimum Gasteiger partial charge on any atom is -0.479 e. The zero-order valence-electron chi connectivity index (χ0n) is 9.06. The van der Waals surface area contributed by atoms with Gasteiger partial charge in [-0.15, -0.1) is 0 Å². The van der Waals surface area contributed by atoms with Gasteiger partial charge >= 0.3 is 5.97 Å². The van der Waals surface area contributed by atoms with Gasteiger partial charge in [0.25, 0.3) is 0 Å².